The minimum absolute atomic E-state index is 0.0280. The van der Waals surface area contributed by atoms with Gasteiger partial charge in [0.25, 0.3) is 0 Å². The number of ether oxygens (including phenoxy) is 2. The molecule has 352 valence electrons. The number of Topliss-reactive ketones (excluding diaryl/α,β-unsaturated/α-hetero) is 3. The fourth-order valence-corrected chi connectivity index (χ4v) is 9.75. The molecule has 0 saturated carbocycles. The molecule has 5 atom stereocenters. The Hall–Kier alpha value is -4.18. The van der Waals surface area contributed by atoms with Crippen LogP contribution in [0.15, 0.2) is 36.4 Å². The lowest BCUT2D eigenvalue weighted by Crippen LogP contribution is -2.46. The van der Waals surface area contributed by atoms with Crippen molar-refractivity contribution in [3.63, 3.8) is 0 Å². The molecule has 0 radical (unpaired) electrons. The third-order valence-corrected chi connectivity index (χ3v) is 13.7. The molecule has 2 aromatic carbocycles. The first kappa shape index (κ1) is 53.2. The van der Waals surface area contributed by atoms with E-state index in [2.05, 4.69) is 12.2 Å². The lowest BCUT2D eigenvalue weighted by molar-refractivity contribution is -0.142. The van der Waals surface area contributed by atoms with Crippen LogP contribution in [0.1, 0.15) is 128 Å². The molecule has 0 spiro atoms. The van der Waals surface area contributed by atoms with Crippen molar-refractivity contribution < 1.29 is 41.9 Å². The summed E-state index contributed by atoms with van der Waals surface area (Å²) in [6.07, 6.45) is 9.08. The monoisotopic (exact) mass is 898 g/mol. The van der Waals surface area contributed by atoms with Gasteiger partial charge in [0.1, 0.15) is 36.5 Å². The number of hydrogen-bond donors (Lipinski definition) is 4. The van der Waals surface area contributed by atoms with Crippen LogP contribution in [0.4, 0.5) is 0 Å². The molecule has 0 saturated heterocycles. The third kappa shape index (κ3) is 17.0. The Bertz CT molecular complexity index is 1920. The van der Waals surface area contributed by atoms with Crippen LogP contribution in [0.3, 0.4) is 0 Å². The smallest absolute Gasteiger partial charge is 0.227 e. The van der Waals surface area contributed by atoms with Gasteiger partial charge in [0.05, 0.1) is 23.5 Å². The Morgan fingerprint density at radius 1 is 0.825 bits per heavy atom. The number of nitrogens with two attached hydrogens (primary N) is 3. The predicted octanol–water partition coefficient (Wildman–Crippen LogP) is 5.65. The first-order chi connectivity index (χ1) is 30.1. The molecule has 1 heterocycles. The summed E-state index contributed by atoms with van der Waals surface area (Å²) in [5.74, 6) is -3.96. The lowest BCUT2D eigenvalue weighted by Gasteiger charge is -2.32. The normalized spacial score (nSPS) is 17.9. The molecule has 3 rings (SSSR count). The lowest BCUT2D eigenvalue weighted by atomic mass is 9.88. The van der Waals surface area contributed by atoms with Gasteiger partial charge in [-0.3, -0.25) is 24.0 Å². The van der Waals surface area contributed by atoms with E-state index in [9.17, 15) is 32.4 Å². The highest BCUT2D eigenvalue weighted by molar-refractivity contribution is 7.91. The van der Waals surface area contributed by atoms with E-state index >= 15 is 0 Å². The third-order valence-electron chi connectivity index (χ3n) is 11.9. The summed E-state index contributed by atoms with van der Waals surface area (Å²) in [5.41, 5.74) is 19.7. The number of nitrogens with one attached hydrogen (secondary N) is 1. The van der Waals surface area contributed by atoms with E-state index in [4.69, 9.17) is 26.7 Å². The van der Waals surface area contributed by atoms with Crippen LogP contribution >= 0.6 is 0 Å². The molecule has 4 bridgehead atoms. The molecule has 1 aliphatic heterocycles. The zero-order chi connectivity index (χ0) is 46.5. The Morgan fingerprint density at radius 3 is 2.03 bits per heavy atom. The Kier molecular flexibility index (Phi) is 23.0. The van der Waals surface area contributed by atoms with Gasteiger partial charge in [0.2, 0.25) is 11.8 Å². The fraction of sp³-hybridized carbons (Fsp3) is 0.646. The van der Waals surface area contributed by atoms with Gasteiger partial charge in [0, 0.05) is 55.9 Å². The number of unbranched alkanes of at least 4 members (excludes halogenated alkanes) is 8. The summed E-state index contributed by atoms with van der Waals surface area (Å²) < 4.78 is 39.6. The van der Waals surface area contributed by atoms with E-state index in [-0.39, 0.29) is 75.1 Å². The fourth-order valence-electron chi connectivity index (χ4n) is 8.02. The van der Waals surface area contributed by atoms with Crippen LogP contribution in [-0.4, -0.2) is 99.9 Å². The quantitative estimate of drug-likeness (QED) is 0.0798. The van der Waals surface area contributed by atoms with Gasteiger partial charge in [-0.1, -0.05) is 84.3 Å². The molecule has 0 unspecified atom stereocenters. The van der Waals surface area contributed by atoms with Crippen molar-refractivity contribution in [2.75, 3.05) is 51.4 Å². The maximum absolute atomic E-state index is 14.7. The largest absolute Gasteiger partial charge is 0.492 e. The molecule has 2 aromatic rings. The number of nitrogens with zero attached hydrogens (tertiary/aromatic N) is 1. The summed E-state index contributed by atoms with van der Waals surface area (Å²) in [5, 5.41) is 2.87. The topological polar surface area (TPSA) is 231 Å². The van der Waals surface area contributed by atoms with Crippen LogP contribution in [0.5, 0.6) is 11.5 Å². The molecule has 63 heavy (non-hydrogen) atoms. The minimum Gasteiger partial charge on any atom is -0.492 e. The molecule has 2 amide bonds. The van der Waals surface area contributed by atoms with Crippen LogP contribution in [0.2, 0.25) is 0 Å². The highest BCUT2D eigenvalue weighted by atomic mass is 32.2. The van der Waals surface area contributed by atoms with Crippen molar-refractivity contribution in [2.45, 2.75) is 130 Å². The molecule has 7 N–H and O–H groups in total. The first-order valence-electron chi connectivity index (χ1n) is 23.0. The maximum Gasteiger partial charge on any atom is 0.227 e. The zero-order valence-electron chi connectivity index (χ0n) is 38.5. The SMILES string of the molecule is CCCCCCCCCCS(=O)(=O)C[C@@H](CCCCN)C(=O)N(C)[C@@H]1C(=O)C[C@@H](C)C(=O)N[C@H](C(=O)C[C@@H](C)C(C)=O)Cc2ccc(OCCN)c(c2)-c2cc1ccc2OCCN. The van der Waals surface area contributed by atoms with Crippen LogP contribution in [0, 0.1) is 17.8 Å². The number of fused-ring (bicyclic) bond motifs is 5. The Morgan fingerprint density at radius 2 is 1.43 bits per heavy atom. The first-order valence-corrected chi connectivity index (χ1v) is 24.9. The molecular formula is C48H75N5O9S. The molecular weight excluding hydrogens is 823 g/mol. The standard InChI is InChI=1S/C48H75N5O9S/c1-6-7-8-9-10-11-12-15-26-63(59,60)32-38(16-13-14-21-49)48(58)53(5)46-37-18-20-45(62-25-23-51)40(31-37)39-29-36(17-19-44(39)61-24-22-50)30-41(42(55)27-33(2)35(4)54)52-47(57)34(3)28-43(46)56/h17-20,29,31,33-34,38,41,46H,6-16,21-28,30,32,49-51H2,1-5H3,(H,52,57)/t33-,34-,38-,41+,46+/m1/s1. The predicted molar refractivity (Wildman–Crippen MR) is 248 cm³/mol. The Balaban J connectivity index is 2.15. The second kappa shape index (κ2) is 27.2. The Labute approximate surface area is 376 Å². The highest BCUT2D eigenvalue weighted by Gasteiger charge is 2.37. The second-order valence-electron chi connectivity index (χ2n) is 17.3. The zero-order valence-corrected chi connectivity index (χ0v) is 39.3. The number of rotatable bonds is 27. The van der Waals surface area contributed by atoms with Gasteiger partial charge in [-0.2, -0.15) is 0 Å². The number of sulfone groups is 1. The van der Waals surface area contributed by atoms with Gasteiger partial charge in [-0.05, 0) is 74.5 Å². The molecule has 15 heteroatoms. The van der Waals surface area contributed by atoms with Crippen molar-refractivity contribution in [3.05, 3.63) is 47.5 Å². The number of carbonyl (C=O) groups excluding carboxylic acids is 5. The average Bonchev–Trinajstić information content (AvgIpc) is 3.24. The number of hydrogen-bond acceptors (Lipinski definition) is 12. The van der Waals surface area contributed by atoms with Crippen molar-refractivity contribution >= 4 is 39.0 Å². The summed E-state index contributed by atoms with van der Waals surface area (Å²) in [6, 6.07) is 8.24. The number of carbonyl (C=O) groups is 5. The van der Waals surface area contributed by atoms with E-state index in [0.29, 0.717) is 59.6 Å². The van der Waals surface area contributed by atoms with Crippen LogP contribution in [-0.2, 0) is 40.2 Å². The molecule has 0 aromatic heterocycles. The molecule has 0 fully saturated rings. The molecule has 0 aliphatic carbocycles. The van der Waals surface area contributed by atoms with Gasteiger partial charge < -0.3 is 36.9 Å². The number of ketones is 3. The number of likely N-dealkylation sites (N-methyl/N-ethyl adjacent to an activating group) is 1. The minimum atomic E-state index is -3.65. The highest BCUT2D eigenvalue weighted by Crippen LogP contribution is 2.41. The van der Waals surface area contributed by atoms with Crippen LogP contribution < -0.4 is 32.0 Å². The van der Waals surface area contributed by atoms with E-state index in [1.165, 1.54) is 31.7 Å². The summed E-state index contributed by atoms with van der Waals surface area (Å²) in [7, 11) is -2.15. The molecule has 14 nitrogen and oxygen atoms in total. The van der Waals surface area contributed by atoms with Gasteiger partial charge >= 0.3 is 0 Å². The van der Waals surface area contributed by atoms with E-state index in [1.807, 2.05) is 6.07 Å². The molecule has 1 aliphatic rings. The van der Waals surface area contributed by atoms with E-state index in [1.54, 1.807) is 44.2 Å². The summed E-state index contributed by atoms with van der Waals surface area (Å²) in [6.45, 7) is 7.99. The van der Waals surface area contributed by atoms with Gasteiger partial charge in [0.15, 0.2) is 21.4 Å². The number of benzene rings is 2. The maximum atomic E-state index is 14.7. The van der Waals surface area contributed by atoms with E-state index in [0.717, 1.165) is 32.1 Å². The van der Waals surface area contributed by atoms with Crippen molar-refractivity contribution in [1.29, 1.82) is 0 Å². The van der Waals surface area contributed by atoms with Gasteiger partial charge in [-0.15, -0.1) is 0 Å². The van der Waals surface area contributed by atoms with Crippen LogP contribution in [0.25, 0.3) is 11.1 Å². The average molecular weight is 898 g/mol. The van der Waals surface area contributed by atoms with Crippen molar-refractivity contribution in [1.82, 2.24) is 10.2 Å². The van der Waals surface area contributed by atoms with Crippen molar-refractivity contribution in [2.24, 2.45) is 35.0 Å². The van der Waals surface area contributed by atoms with Gasteiger partial charge in [-0.25, -0.2) is 8.42 Å². The summed E-state index contributed by atoms with van der Waals surface area (Å²) >= 11 is 0. The number of amides is 2. The van der Waals surface area contributed by atoms with E-state index < -0.39 is 57.3 Å². The second-order valence-corrected chi connectivity index (χ2v) is 19.5. The summed E-state index contributed by atoms with van der Waals surface area (Å²) in [4.78, 5) is 70.6. The van der Waals surface area contributed by atoms with Crippen molar-refractivity contribution in [3.8, 4) is 22.6 Å².